The summed E-state index contributed by atoms with van der Waals surface area (Å²) in [6.45, 7) is 21.6. The highest BCUT2D eigenvalue weighted by molar-refractivity contribution is 5.66. The average Bonchev–Trinajstić information content (AvgIpc) is 3.01. The molecule has 4 rings (SSSR count). The van der Waals surface area contributed by atoms with Crippen molar-refractivity contribution >= 4 is 5.97 Å². The summed E-state index contributed by atoms with van der Waals surface area (Å²) >= 11 is 0. The highest BCUT2D eigenvalue weighted by atomic mass is 16.5. The van der Waals surface area contributed by atoms with Gasteiger partial charge in [-0.05, 0) is 91.3 Å². The van der Waals surface area contributed by atoms with E-state index in [2.05, 4.69) is 55.4 Å². The molecular weight excluding hydrogens is 416 g/mol. The van der Waals surface area contributed by atoms with Gasteiger partial charge in [0.05, 0.1) is 0 Å². The molecule has 0 saturated heterocycles. The van der Waals surface area contributed by atoms with Gasteiger partial charge in [0.15, 0.2) is 0 Å². The van der Waals surface area contributed by atoms with E-state index in [1.54, 1.807) is 6.92 Å². The topological polar surface area (TPSA) is 26.3 Å². The molecule has 0 aliphatic heterocycles. The number of carbonyl (C=O) groups is 1. The second-order valence-corrected chi connectivity index (χ2v) is 14.6. The Morgan fingerprint density at radius 2 is 1.62 bits per heavy atom. The Balaban J connectivity index is 1.61. The third kappa shape index (κ3) is 3.92. The molecule has 0 amide bonds. The third-order valence-corrected chi connectivity index (χ3v) is 12.2. The normalized spacial score (nSPS) is 42.1. The van der Waals surface area contributed by atoms with Crippen molar-refractivity contribution < 1.29 is 9.53 Å². The largest absolute Gasteiger partial charge is 0.462 e. The summed E-state index contributed by atoms with van der Waals surface area (Å²) in [5.74, 6) is 3.04. The van der Waals surface area contributed by atoms with Crippen LogP contribution in [0.1, 0.15) is 133 Å². The Morgan fingerprint density at radius 1 is 0.912 bits per heavy atom. The SMILES string of the molecule is CC(=O)O[C@H]1CC[C@]2(C)C3=C(CC[C@@H]2C1(C)C)[C@]1(C)CC[C@@H]([C@@H](C)CCCC(C)C)[C@]1(C)CC3. The maximum absolute atomic E-state index is 11.8. The van der Waals surface area contributed by atoms with Crippen molar-refractivity contribution in [1.82, 2.24) is 0 Å². The molecule has 0 radical (unpaired) electrons. The minimum absolute atomic E-state index is 0.0436. The van der Waals surface area contributed by atoms with Gasteiger partial charge in [0.25, 0.3) is 0 Å². The molecule has 2 fully saturated rings. The Hall–Kier alpha value is -0.790. The summed E-state index contributed by atoms with van der Waals surface area (Å²) in [5.41, 5.74) is 4.87. The Kier molecular flexibility index (Phi) is 6.92. The molecule has 7 atom stereocenters. The van der Waals surface area contributed by atoms with Crippen molar-refractivity contribution in [2.75, 3.05) is 0 Å². The second-order valence-electron chi connectivity index (χ2n) is 14.6. The predicted octanol–water partition coefficient (Wildman–Crippen LogP) is 9.13. The highest BCUT2D eigenvalue weighted by Crippen LogP contribution is 2.72. The van der Waals surface area contributed by atoms with E-state index in [1.807, 2.05) is 11.1 Å². The number of esters is 1. The number of hydrogen-bond donors (Lipinski definition) is 0. The molecule has 0 aromatic carbocycles. The van der Waals surface area contributed by atoms with Gasteiger partial charge in [-0.25, -0.2) is 0 Å². The van der Waals surface area contributed by atoms with Gasteiger partial charge in [0, 0.05) is 12.3 Å². The van der Waals surface area contributed by atoms with Gasteiger partial charge in [-0.3, -0.25) is 4.79 Å². The van der Waals surface area contributed by atoms with Gasteiger partial charge in [0.1, 0.15) is 6.10 Å². The van der Waals surface area contributed by atoms with Crippen molar-refractivity contribution in [2.45, 2.75) is 139 Å². The lowest BCUT2D eigenvalue weighted by Crippen LogP contribution is -2.55. The molecule has 0 spiro atoms. The van der Waals surface area contributed by atoms with E-state index >= 15 is 0 Å². The molecule has 2 saturated carbocycles. The van der Waals surface area contributed by atoms with E-state index in [1.165, 1.54) is 64.2 Å². The van der Waals surface area contributed by atoms with Crippen molar-refractivity contribution in [2.24, 2.45) is 45.3 Å². The summed E-state index contributed by atoms with van der Waals surface area (Å²) in [5, 5.41) is 0. The molecule has 0 aromatic rings. The third-order valence-electron chi connectivity index (χ3n) is 12.2. The Labute approximate surface area is 211 Å². The summed E-state index contributed by atoms with van der Waals surface area (Å²) in [4.78, 5) is 11.8. The lowest BCUT2D eigenvalue weighted by atomic mass is 9.43. The quantitative estimate of drug-likeness (QED) is 0.286. The highest BCUT2D eigenvalue weighted by Gasteiger charge is 2.63. The molecule has 0 bridgehead atoms. The standard InChI is InChI=1S/C32H54O2/c1-21(2)11-10-12-22(3)24-15-19-32(9)26-13-14-27-29(5,6)28(34-23(4)33)17-18-30(27,7)25(26)16-20-31(24,32)8/h21-22,24,27-28H,10-20H2,1-9H3/t22-,24-,27+,28-,30+,31-,32-/m0/s1. The van der Waals surface area contributed by atoms with Crippen LogP contribution in [-0.4, -0.2) is 12.1 Å². The molecule has 2 nitrogen and oxygen atoms in total. The lowest BCUT2D eigenvalue weighted by molar-refractivity contribution is -0.167. The molecule has 0 aromatic heterocycles. The first-order valence-electron chi connectivity index (χ1n) is 14.7. The van der Waals surface area contributed by atoms with E-state index in [4.69, 9.17) is 4.74 Å². The summed E-state index contributed by atoms with van der Waals surface area (Å²) < 4.78 is 5.87. The first-order chi connectivity index (χ1) is 15.8. The minimum Gasteiger partial charge on any atom is -0.462 e. The molecule has 4 aliphatic rings. The molecule has 0 N–H and O–H groups in total. The first-order valence-corrected chi connectivity index (χ1v) is 14.7. The van der Waals surface area contributed by atoms with Crippen LogP contribution in [0, 0.1) is 45.3 Å². The van der Waals surface area contributed by atoms with E-state index in [-0.39, 0.29) is 22.9 Å². The van der Waals surface area contributed by atoms with E-state index in [9.17, 15) is 4.79 Å². The fourth-order valence-electron chi connectivity index (χ4n) is 10.1. The predicted molar refractivity (Wildman–Crippen MR) is 142 cm³/mol. The Morgan fingerprint density at radius 3 is 2.26 bits per heavy atom. The molecule has 4 aliphatic carbocycles. The monoisotopic (exact) mass is 470 g/mol. The van der Waals surface area contributed by atoms with Crippen LogP contribution in [-0.2, 0) is 9.53 Å². The van der Waals surface area contributed by atoms with Gasteiger partial charge < -0.3 is 4.74 Å². The zero-order valence-electron chi connectivity index (χ0n) is 24.0. The molecule has 34 heavy (non-hydrogen) atoms. The first kappa shape index (κ1) is 26.3. The van der Waals surface area contributed by atoms with E-state index in [0.29, 0.717) is 16.7 Å². The van der Waals surface area contributed by atoms with Crippen LogP contribution >= 0.6 is 0 Å². The van der Waals surface area contributed by atoms with Crippen LogP contribution in [0.3, 0.4) is 0 Å². The number of ether oxygens (including phenoxy) is 1. The average molecular weight is 471 g/mol. The van der Waals surface area contributed by atoms with Gasteiger partial charge in [-0.1, -0.05) is 85.8 Å². The maximum atomic E-state index is 11.8. The van der Waals surface area contributed by atoms with Crippen molar-refractivity contribution in [3.05, 3.63) is 11.1 Å². The van der Waals surface area contributed by atoms with E-state index < -0.39 is 0 Å². The fraction of sp³-hybridized carbons (Fsp3) is 0.906. The van der Waals surface area contributed by atoms with Gasteiger partial charge in [0.2, 0.25) is 0 Å². The van der Waals surface area contributed by atoms with Crippen molar-refractivity contribution in [3.63, 3.8) is 0 Å². The molecule has 194 valence electrons. The fourth-order valence-corrected chi connectivity index (χ4v) is 10.1. The smallest absolute Gasteiger partial charge is 0.302 e. The van der Waals surface area contributed by atoms with Crippen molar-refractivity contribution in [1.29, 1.82) is 0 Å². The van der Waals surface area contributed by atoms with Crippen LogP contribution in [0.4, 0.5) is 0 Å². The molecular formula is C32H54O2. The number of allylic oxidation sites excluding steroid dienone is 2. The van der Waals surface area contributed by atoms with Crippen LogP contribution in [0.5, 0.6) is 0 Å². The zero-order chi connectivity index (χ0) is 25.1. The van der Waals surface area contributed by atoms with E-state index in [0.717, 1.165) is 24.2 Å². The van der Waals surface area contributed by atoms with Crippen LogP contribution in [0.15, 0.2) is 11.1 Å². The molecule has 0 heterocycles. The maximum Gasteiger partial charge on any atom is 0.302 e. The number of hydrogen-bond acceptors (Lipinski definition) is 2. The van der Waals surface area contributed by atoms with Gasteiger partial charge in [-0.15, -0.1) is 0 Å². The molecule has 0 unspecified atom stereocenters. The Bertz CT molecular complexity index is 821. The molecule has 2 heteroatoms. The summed E-state index contributed by atoms with van der Waals surface area (Å²) in [7, 11) is 0. The summed E-state index contributed by atoms with van der Waals surface area (Å²) in [6.07, 6.45) is 14.5. The van der Waals surface area contributed by atoms with Gasteiger partial charge >= 0.3 is 5.97 Å². The van der Waals surface area contributed by atoms with Crippen LogP contribution in [0.2, 0.25) is 0 Å². The zero-order valence-corrected chi connectivity index (χ0v) is 24.0. The second kappa shape index (κ2) is 8.95. The number of rotatable bonds is 6. The summed E-state index contributed by atoms with van der Waals surface area (Å²) in [6, 6.07) is 0. The minimum atomic E-state index is -0.113. The van der Waals surface area contributed by atoms with Crippen molar-refractivity contribution in [3.8, 4) is 0 Å². The lowest BCUT2D eigenvalue weighted by Gasteiger charge is -2.62. The van der Waals surface area contributed by atoms with Crippen LogP contribution < -0.4 is 0 Å². The number of fused-ring (bicyclic) bond motifs is 4. The van der Waals surface area contributed by atoms with Gasteiger partial charge in [-0.2, -0.15) is 0 Å². The van der Waals surface area contributed by atoms with Crippen LogP contribution in [0.25, 0.3) is 0 Å². The number of carbonyl (C=O) groups excluding carboxylic acids is 1.